The Kier molecular flexibility index (Phi) is 8.61. The molecule has 0 aromatic heterocycles. The van der Waals surface area contributed by atoms with Crippen molar-refractivity contribution in [2.75, 3.05) is 14.7 Å². The van der Waals surface area contributed by atoms with E-state index in [9.17, 15) is 0 Å². The van der Waals surface area contributed by atoms with Crippen LogP contribution in [0.5, 0.6) is 0 Å². The van der Waals surface area contributed by atoms with Crippen LogP contribution in [0, 0.1) is 0 Å². The highest BCUT2D eigenvalue weighted by Gasteiger charge is 2.61. The predicted molar refractivity (Wildman–Crippen MR) is 274 cm³/mol. The number of para-hydroxylation sites is 3. The average Bonchev–Trinajstić information content (AvgIpc) is 3.62. The van der Waals surface area contributed by atoms with E-state index in [-0.39, 0.29) is 17.7 Å². The molecule has 1 aliphatic carbocycles. The normalized spacial score (nSPS) is 18.9. The molecule has 310 valence electrons. The van der Waals surface area contributed by atoms with E-state index in [0.717, 1.165) is 24.2 Å². The zero-order valence-corrected chi connectivity index (χ0v) is 36.6. The molecular formula is C61H48BN3. The van der Waals surface area contributed by atoms with Crippen LogP contribution in [-0.4, -0.2) is 12.3 Å². The van der Waals surface area contributed by atoms with Gasteiger partial charge in [0.05, 0.1) is 5.54 Å². The Morgan fingerprint density at radius 3 is 1.65 bits per heavy atom. The van der Waals surface area contributed by atoms with Crippen LogP contribution in [-0.2, 0) is 5.41 Å². The van der Waals surface area contributed by atoms with Crippen molar-refractivity contribution in [1.29, 1.82) is 0 Å². The Morgan fingerprint density at radius 2 is 0.923 bits per heavy atom. The van der Waals surface area contributed by atoms with Gasteiger partial charge in [0, 0.05) is 50.9 Å². The Labute approximate surface area is 383 Å². The van der Waals surface area contributed by atoms with E-state index in [1.807, 2.05) is 0 Å². The number of anilines is 8. The lowest BCUT2D eigenvalue weighted by molar-refractivity contribution is 0.215. The summed E-state index contributed by atoms with van der Waals surface area (Å²) in [5.41, 5.74) is 20.9. The molecule has 0 N–H and O–H groups in total. The van der Waals surface area contributed by atoms with Crippen molar-refractivity contribution in [3.05, 3.63) is 236 Å². The molecule has 65 heavy (non-hydrogen) atoms. The second-order valence-electron chi connectivity index (χ2n) is 18.6. The minimum absolute atomic E-state index is 0.0122. The van der Waals surface area contributed by atoms with Gasteiger partial charge in [0.1, 0.15) is 0 Å². The monoisotopic (exact) mass is 833 g/mol. The standard InChI is InChI=1S/C61H48BN3/c1-60-37-18-19-38-61(60,47-26-10-4-11-27-47)51-31-14-16-33-54(51)65(60)50-41-57-59-58(42-50)64(49-30-20-25-45(39-49)43-21-6-2-7-22-43)56-40-46(44-23-8-3-9-24-44)35-36-53(56)62(59)52-32-15-17-34-55(52)63(57)48-28-12-5-13-29-48/h2-17,20-36,39-42H,18-19,37-38H2,1H3. The van der Waals surface area contributed by atoms with E-state index in [1.165, 1.54) is 96.7 Å². The van der Waals surface area contributed by atoms with Crippen LogP contribution in [0.2, 0.25) is 0 Å². The van der Waals surface area contributed by atoms with Gasteiger partial charge in [-0.2, -0.15) is 0 Å². The first-order chi connectivity index (χ1) is 32.1. The van der Waals surface area contributed by atoms with Crippen molar-refractivity contribution in [2.45, 2.75) is 43.6 Å². The third kappa shape index (κ3) is 5.56. The molecule has 0 saturated heterocycles. The molecule has 3 heterocycles. The van der Waals surface area contributed by atoms with Crippen LogP contribution in [0.1, 0.15) is 43.7 Å². The molecular weight excluding hydrogens is 786 g/mol. The molecule has 9 aromatic carbocycles. The quantitative estimate of drug-likeness (QED) is 0.155. The second kappa shape index (κ2) is 14.8. The maximum Gasteiger partial charge on any atom is 0.252 e. The smallest absolute Gasteiger partial charge is 0.252 e. The minimum atomic E-state index is -0.230. The molecule has 0 bridgehead atoms. The summed E-state index contributed by atoms with van der Waals surface area (Å²) in [5.74, 6) is 0. The Balaban J connectivity index is 1.14. The molecule has 3 aliphatic heterocycles. The Bertz CT molecular complexity index is 3260. The fourth-order valence-corrected chi connectivity index (χ4v) is 12.6. The maximum absolute atomic E-state index is 2.78. The van der Waals surface area contributed by atoms with Gasteiger partial charge < -0.3 is 14.7 Å². The second-order valence-corrected chi connectivity index (χ2v) is 18.6. The first-order valence-corrected chi connectivity index (χ1v) is 23.3. The number of nitrogens with zero attached hydrogens (tertiary/aromatic N) is 3. The molecule has 0 spiro atoms. The maximum atomic E-state index is 2.78. The van der Waals surface area contributed by atoms with Gasteiger partial charge in [-0.1, -0.05) is 183 Å². The number of fused-ring (bicyclic) bond motifs is 7. The fourth-order valence-electron chi connectivity index (χ4n) is 12.6. The number of hydrogen-bond acceptors (Lipinski definition) is 3. The van der Waals surface area contributed by atoms with Gasteiger partial charge in [0.2, 0.25) is 0 Å². The molecule has 3 nitrogen and oxygen atoms in total. The van der Waals surface area contributed by atoms with Crippen molar-refractivity contribution in [2.24, 2.45) is 0 Å². The van der Waals surface area contributed by atoms with Gasteiger partial charge in [-0.25, -0.2) is 0 Å². The lowest BCUT2D eigenvalue weighted by atomic mass is 9.33. The van der Waals surface area contributed by atoms with Crippen LogP contribution in [0.3, 0.4) is 0 Å². The summed E-state index contributed by atoms with van der Waals surface area (Å²) in [4.78, 5) is 7.92. The van der Waals surface area contributed by atoms with Crippen LogP contribution >= 0.6 is 0 Å². The summed E-state index contributed by atoms with van der Waals surface area (Å²) < 4.78 is 0. The molecule has 1 saturated carbocycles. The van der Waals surface area contributed by atoms with Crippen molar-refractivity contribution >= 4 is 68.6 Å². The van der Waals surface area contributed by atoms with E-state index in [0.29, 0.717) is 0 Å². The Morgan fingerprint density at radius 1 is 0.385 bits per heavy atom. The number of rotatable bonds is 6. The van der Waals surface area contributed by atoms with Gasteiger partial charge in [-0.15, -0.1) is 0 Å². The lowest BCUT2D eigenvalue weighted by Crippen LogP contribution is -2.61. The van der Waals surface area contributed by atoms with Gasteiger partial charge in [-0.05, 0) is 124 Å². The van der Waals surface area contributed by atoms with E-state index < -0.39 is 0 Å². The lowest BCUT2D eigenvalue weighted by Gasteiger charge is -2.53. The van der Waals surface area contributed by atoms with Crippen molar-refractivity contribution in [1.82, 2.24) is 0 Å². The molecule has 9 aromatic rings. The van der Waals surface area contributed by atoms with Gasteiger partial charge in [-0.3, -0.25) is 0 Å². The van der Waals surface area contributed by atoms with E-state index in [2.05, 4.69) is 246 Å². The highest BCUT2D eigenvalue weighted by molar-refractivity contribution is 7.00. The summed E-state index contributed by atoms with van der Waals surface area (Å²) in [5, 5.41) is 0. The predicted octanol–water partition coefficient (Wildman–Crippen LogP) is 13.9. The van der Waals surface area contributed by atoms with Crippen molar-refractivity contribution in [3.8, 4) is 22.3 Å². The third-order valence-corrected chi connectivity index (χ3v) is 15.3. The van der Waals surface area contributed by atoms with Crippen LogP contribution in [0.15, 0.2) is 224 Å². The zero-order valence-electron chi connectivity index (χ0n) is 36.6. The summed E-state index contributed by atoms with van der Waals surface area (Å²) in [7, 11) is 0. The molecule has 13 rings (SSSR count). The first kappa shape index (κ1) is 38.0. The largest absolute Gasteiger partial charge is 0.334 e. The number of hydrogen-bond donors (Lipinski definition) is 0. The highest BCUT2D eigenvalue weighted by Crippen LogP contribution is 2.64. The average molecular weight is 834 g/mol. The fraction of sp³-hybridized carbons (Fsp3) is 0.115. The van der Waals surface area contributed by atoms with E-state index in [1.54, 1.807) is 0 Å². The molecule has 2 atom stereocenters. The molecule has 2 unspecified atom stereocenters. The molecule has 4 heteroatoms. The topological polar surface area (TPSA) is 9.72 Å². The molecule has 1 fully saturated rings. The zero-order chi connectivity index (χ0) is 43.1. The molecule has 0 radical (unpaired) electrons. The third-order valence-electron chi connectivity index (χ3n) is 15.3. The summed E-state index contributed by atoms with van der Waals surface area (Å²) in [6.45, 7) is 2.58. The Hall–Kier alpha value is -7.56. The van der Waals surface area contributed by atoms with E-state index in [4.69, 9.17) is 0 Å². The van der Waals surface area contributed by atoms with Gasteiger partial charge in [0.15, 0.2) is 0 Å². The molecule has 4 aliphatic rings. The summed E-state index contributed by atoms with van der Waals surface area (Å²) in [6.07, 6.45) is 4.59. The number of benzene rings is 9. The first-order valence-electron chi connectivity index (χ1n) is 23.3. The van der Waals surface area contributed by atoms with Crippen molar-refractivity contribution in [3.63, 3.8) is 0 Å². The van der Waals surface area contributed by atoms with Crippen LogP contribution < -0.4 is 31.1 Å². The van der Waals surface area contributed by atoms with Crippen LogP contribution in [0.25, 0.3) is 22.3 Å². The SMILES string of the molecule is CC12CCCCC1(c1ccccc1)c1ccccc1N2c1cc2c3c(c1)N(c1cccc(-c4ccccc4)c1)c1cc(-c4ccccc4)ccc1B3c1ccccc1N2c1ccccc1. The van der Waals surface area contributed by atoms with Crippen molar-refractivity contribution < 1.29 is 0 Å². The minimum Gasteiger partial charge on any atom is -0.334 e. The van der Waals surface area contributed by atoms with E-state index >= 15 is 0 Å². The summed E-state index contributed by atoms with van der Waals surface area (Å²) in [6, 6.07) is 84.1. The molecule has 0 amide bonds. The van der Waals surface area contributed by atoms with Gasteiger partial charge in [0.25, 0.3) is 6.71 Å². The highest BCUT2D eigenvalue weighted by atomic mass is 15.3. The van der Waals surface area contributed by atoms with Crippen LogP contribution in [0.4, 0.5) is 45.5 Å². The van der Waals surface area contributed by atoms with Gasteiger partial charge >= 0.3 is 0 Å². The summed E-state index contributed by atoms with van der Waals surface area (Å²) >= 11 is 0.